The largest absolute Gasteiger partial charge is 0.481 e. The Morgan fingerprint density at radius 2 is 2.29 bits per heavy atom. The van der Waals surface area contributed by atoms with Crippen molar-refractivity contribution in [2.75, 3.05) is 13.6 Å². The van der Waals surface area contributed by atoms with Crippen LogP contribution in [0.4, 0.5) is 0 Å². The SMILES string of the molecule is CN(CCC(=O)O)C(=O)c1cc(C2CC2)[nH]n1. The van der Waals surface area contributed by atoms with Crippen LogP contribution in [0.15, 0.2) is 6.07 Å². The van der Waals surface area contributed by atoms with Gasteiger partial charge in [0.05, 0.1) is 6.42 Å². The fourth-order valence-corrected chi connectivity index (χ4v) is 1.61. The van der Waals surface area contributed by atoms with E-state index in [0.29, 0.717) is 11.6 Å². The minimum Gasteiger partial charge on any atom is -0.481 e. The van der Waals surface area contributed by atoms with Crippen LogP contribution in [0.5, 0.6) is 0 Å². The molecule has 0 spiro atoms. The highest BCUT2D eigenvalue weighted by molar-refractivity contribution is 5.92. The maximum atomic E-state index is 11.9. The number of hydrogen-bond acceptors (Lipinski definition) is 3. The van der Waals surface area contributed by atoms with Crippen LogP contribution < -0.4 is 0 Å². The van der Waals surface area contributed by atoms with E-state index in [1.54, 1.807) is 13.1 Å². The molecule has 92 valence electrons. The molecule has 1 aliphatic rings. The van der Waals surface area contributed by atoms with Crippen molar-refractivity contribution in [3.63, 3.8) is 0 Å². The van der Waals surface area contributed by atoms with E-state index in [4.69, 9.17) is 5.11 Å². The second-order valence-corrected chi connectivity index (χ2v) is 4.35. The van der Waals surface area contributed by atoms with Crippen LogP contribution >= 0.6 is 0 Å². The number of nitrogens with zero attached hydrogens (tertiary/aromatic N) is 2. The number of rotatable bonds is 5. The molecule has 0 aliphatic heterocycles. The van der Waals surface area contributed by atoms with Crippen LogP contribution in [0.25, 0.3) is 0 Å². The highest BCUT2D eigenvalue weighted by Crippen LogP contribution is 2.39. The van der Waals surface area contributed by atoms with E-state index in [-0.39, 0.29) is 18.9 Å². The molecule has 1 aromatic rings. The zero-order valence-corrected chi connectivity index (χ0v) is 9.64. The monoisotopic (exact) mass is 237 g/mol. The summed E-state index contributed by atoms with van der Waals surface area (Å²) in [7, 11) is 1.58. The first kappa shape index (κ1) is 11.6. The first-order valence-corrected chi connectivity index (χ1v) is 5.60. The van der Waals surface area contributed by atoms with Gasteiger partial charge in [-0.1, -0.05) is 0 Å². The van der Waals surface area contributed by atoms with Crippen molar-refractivity contribution < 1.29 is 14.7 Å². The summed E-state index contributed by atoms with van der Waals surface area (Å²) in [6.07, 6.45) is 2.23. The number of amides is 1. The maximum absolute atomic E-state index is 11.9. The number of H-pyrrole nitrogens is 1. The molecule has 2 N–H and O–H groups in total. The van der Waals surface area contributed by atoms with Crippen LogP contribution in [-0.2, 0) is 4.79 Å². The van der Waals surface area contributed by atoms with E-state index in [1.807, 2.05) is 0 Å². The first-order chi connectivity index (χ1) is 8.08. The van der Waals surface area contributed by atoms with E-state index in [1.165, 1.54) is 4.90 Å². The topological polar surface area (TPSA) is 86.3 Å². The van der Waals surface area contributed by atoms with Gasteiger partial charge in [0.25, 0.3) is 5.91 Å². The molecule has 6 nitrogen and oxygen atoms in total. The van der Waals surface area contributed by atoms with Gasteiger partial charge in [-0.15, -0.1) is 0 Å². The molecule has 0 bridgehead atoms. The zero-order valence-electron chi connectivity index (χ0n) is 9.64. The molecule has 2 rings (SSSR count). The lowest BCUT2D eigenvalue weighted by atomic mass is 10.2. The highest BCUT2D eigenvalue weighted by Gasteiger charge is 2.27. The maximum Gasteiger partial charge on any atom is 0.305 e. The minimum atomic E-state index is -0.912. The van der Waals surface area contributed by atoms with Crippen LogP contribution in [0.2, 0.25) is 0 Å². The van der Waals surface area contributed by atoms with Crippen LogP contribution in [0.1, 0.15) is 41.4 Å². The van der Waals surface area contributed by atoms with Gasteiger partial charge < -0.3 is 10.0 Å². The van der Waals surface area contributed by atoms with E-state index >= 15 is 0 Å². The van der Waals surface area contributed by atoms with Gasteiger partial charge in [-0.05, 0) is 18.9 Å². The predicted molar refractivity (Wildman–Crippen MR) is 59.8 cm³/mol. The second kappa shape index (κ2) is 4.57. The Kier molecular flexibility index (Phi) is 3.12. The lowest BCUT2D eigenvalue weighted by Crippen LogP contribution is -2.29. The summed E-state index contributed by atoms with van der Waals surface area (Å²) in [4.78, 5) is 23.6. The van der Waals surface area contributed by atoms with Crippen molar-refractivity contribution in [3.8, 4) is 0 Å². The predicted octanol–water partition coefficient (Wildman–Crippen LogP) is 0.834. The van der Waals surface area contributed by atoms with Crippen LogP contribution in [-0.4, -0.2) is 45.7 Å². The molecule has 0 atom stereocenters. The van der Waals surface area contributed by atoms with Crippen molar-refractivity contribution in [1.29, 1.82) is 0 Å². The molecule has 0 aromatic carbocycles. The number of carboxylic acids is 1. The van der Waals surface area contributed by atoms with Gasteiger partial charge in [0, 0.05) is 25.2 Å². The molecule has 1 aromatic heterocycles. The van der Waals surface area contributed by atoms with Crippen molar-refractivity contribution >= 4 is 11.9 Å². The minimum absolute atomic E-state index is 0.0534. The second-order valence-electron chi connectivity index (χ2n) is 4.35. The van der Waals surface area contributed by atoms with E-state index < -0.39 is 5.97 Å². The van der Waals surface area contributed by atoms with Gasteiger partial charge in [0.1, 0.15) is 5.69 Å². The van der Waals surface area contributed by atoms with E-state index in [0.717, 1.165) is 18.5 Å². The zero-order chi connectivity index (χ0) is 12.4. The van der Waals surface area contributed by atoms with Crippen molar-refractivity contribution in [3.05, 3.63) is 17.5 Å². The van der Waals surface area contributed by atoms with E-state index in [2.05, 4.69) is 10.2 Å². The Bertz CT molecular complexity index is 437. The summed E-state index contributed by atoms with van der Waals surface area (Å²) in [5.41, 5.74) is 1.36. The average Bonchev–Trinajstić information content (AvgIpc) is 3.03. The van der Waals surface area contributed by atoms with Crippen molar-refractivity contribution in [1.82, 2.24) is 15.1 Å². The third-order valence-corrected chi connectivity index (χ3v) is 2.84. The quantitative estimate of drug-likeness (QED) is 0.794. The van der Waals surface area contributed by atoms with Gasteiger partial charge in [0.2, 0.25) is 0 Å². The Balaban J connectivity index is 1.95. The molecule has 0 saturated heterocycles. The molecular formula is C11H15N3O3. The molecule has 1 amide bonds. The average molecular weight is 237 g/mol. The molecule has 1 aliphatic carbocycles. The Morgan fingerprint density at radius 1 is 1.59 bits per heavy atom. The summed E-state index contributed by atoms with van der Waals surface area (Å²) in [5, 5.41) is 15.4. The van der Waals surface area contributed by atoms with Crippen molar-refractivity contribution in [2.45, 2.75) is 25.2 Å². The van der Waals surface area contributed by atoms with Crippen LogP contribution in [0.3, 0.4) is 0 Å². The molecule has 1 saturated carbocycles. The van der Waals surface area contributed by atoms with Gasteiger partial charge in [-0.2, -0.15) is 5.10 Å². The summed E-state index contributed by atoms with van der Waals surface area (Å²) in [6.45, 7) is 0.194. The molecule has 17 heavy (non-hydrogen) atoms. The molecule has 0 unspecified atom stereocenters. The number of carbonyl (C=O) groups is 2. The first-order valence-electron chi connectivity index (χ1n) is 5.60. The number of aromatic nitrogens is 2. The summed E-state index contributed by atoms with van der Waals surface area (Å²) in [5.74, 6) is -0.631. The normalized spacial score (nSPS) is 14.6. The van der Waals surface area contributed by atoms with Gasteiger partial charge in [0.15, 0.2) is 0 Å². The summed E-state index contributed by atoms with van der Waals surface area (Å²) in [6, 6.07) is 1.76. The number of nitrogens with one attached hydrogen (secondary N) is 1. The smallest absolute Gasteiger partial charge is 0.305 e. The van der Waals surface area contributed by atoms with Crippen molar-refractivity contribution in [2.24, 2.45) is 0 Å². The fourth-order valence-electron chi connectivity index (χ4n) is 1.61. The van der Waals surface area contributed by atoms with Gasteiger partial charge in [-0.3, -0.25) is 14.7 Å². The Labute approximate surface area is 98.6 Å². The molecule has 1 heterocycles. The fraction of sp³-hybridized carbons (Fsp3) is 0.545. The lowest BCUT2D eigenvalue weighted by molar-refractivity contribution is -0.137. The van der Waals surface area contributed by atoms with Gasteiger partial charge in [-0.25, -0.2) is 0 Å². The highest BCUT2D eigenvalue weighted by atomic mass is 16.4. The third-order valence-electron chi connectivity index (χ3n) is 2.84. The van der Waals surface area contributed by atoms with Crippen LogP contribution in [0, 0.1) is 0 Å². The molecule has 1 fully saturated rings. The third kappa shape index (κ3) is 2.83. The number of carbonyl (C=O) groups excluding carboxylic acids is 1. The van der Waals surface area contributed by atoms with Gasteiger partial charge >= 0.3 is 5.97 Å². The molecule has 0 radical (unpaired) electrons. The standard InChI is InChI=1S/C11H15N3O3/c1-14(5-4-10(15)16)11(17)9-6-8(12-13-9)7-2-3-7/h6-7H,2-5H2,1H3,(H,12,13)(H,15,16). The van der Waals surface area contributed by atoms with E-state index in [9.17, 15) is 9.59 Å². The Morgan fingerprint density at radius 3 is 2.88 bits per heavy atom. The Hall–Kier alpha value is -1.85. The molecule has 6 heteroatoms. The number of hydrogen-bond donors (Lipinski definition) is 2. The lowest BCUT2D eigenvalue weighted by Gasteiger charge is -2.13. The number of carboxylic acid groups (broad SMARTS) is 1. The summed E-state index contributed by atoms with van der Waals surface area (Å²) >= 11 is 0. The summed E-state index contributed by atoms with van der Waals surface area (Å²) < 4.78 is 0. The number of aromatic amines is 1. The molecular weight excluding hydrogens is 222 g/mol. The number of aliphatic carboxylic acids is 1.